The molecule has 0 aliphatic carbocycles. The summed E-state index contributed by atoms with van der Waals surface area (Å²) in [4.78, 5) is 14.3. The predicted octanol–water partition coefficient (Wildman–Crippen LogP) is 4.01. The number of carbonyl (C=O) groups is 1. The molecule has 0 spiro atoms. The number of aliphatic hydroxyl groups is 1. The van der Waals surface area contributed by atoms with Crippen molar-refractivity contribution in [3.05, 3.63) is 69.7 Å². The summed E-state index contributed by atoms with van der Waals surface area (Å²) < 4.78 is 6.04. The maximum atomic E-state index is 12.7. The minimum Gasteiger partial charge on any atom is -0.385 e. The molecule has 0 aromatic heterocycles. The maximum Gasteiger partial charge on any atom is 0.254 e. The van der Waals surface area contributed by atoms with Crippen LogP contribution in [-0.2, 0) is 9.53 Å². The van der Waals surface area contributed by atoms with Gasteiger partial charge in [0, 0.05) is 22.7 Å². The number of carbonyl (C=O) groups excluding carboxylic acids is 1. The molecule has 2 aromatic carbocycles. The van der Waals surface area contributed by atoms with Gasteiger partial charge >= 0.3 is 0 Å². The van der Waals surface area contributed by atoms with Crippen LogP contribution in [-0.4, -0.2) is 35.1 Å². The van der Waals surface area contributed by atoms with E-state index in [1.165, 1.54) is 0 Å². The number of amides is 1. The summed E-state index contributed by atoms with van der Waals surface area (Å²) in [6.07, 6.45) is -2.69. The summed E-state index contributed by atoms with van der Waals surface area (Å²) in [7, 11) is 1.71. The van der Waals surface area contributed by atoms with Crippen molar-refractivity contribution in [2.24, 2.45) is 0 Å². The topological polar surface area (TPSA) is 49.8 Å². The van der Waals surface area contributed by atoms with Crippen molar-refractivity contribution in [3.8, 4) is 0 Å². The van der Waals surface area contributed by atoms with E-state index in [9.17, 15) is 9.90 Å². The van der Waals surface area contributed by atoms with E-state index in [0.29, 0.717) is 15.6 Å². The Bertz CT molecular complexity index is 748. The molecule has 6 heteroatoms. The van der Waals surface area contributed by atoms with E-state index in [0.717, 1.165) is 5.56 Å². The van der Waals surface area contributed by atoms with Crippen LogP contribution in [0.4, 0.5) is 0 Å². The van der Waals surface area contributed by atoms with Crippen molar-refractivity contribution in [3.63, 3.8) is 0 Å². The van der Waals surface area contributed by atoms with Gasteiger partial charge in [-0.2, -0.15) is 0 Å². The highest BCUT2D eigenvalue weighted by atomic mass is 35.5. The molecular formula is C19H19Cl2NO3. The second-order valence-corrected chi connectivity index (χ2v) is 6.97. The number of benzene rings is 2. The Morgan fingerprint density at radius 2 is 1.68 bits per heavy atom. The Morgan fingerprint density at radius 1 is 1.08 bits per heavy atom. The molecule has 0 unspecified atom stereocenters. The zero-order valence-corrected chi connectivity index (χ0v) is 15.4. The van der Waals surface area contributed by atoms with Crippen molar-refractivity contribution >= 4 is 29.1 Å². The third kappa shape index (κ3) is 3.40. The molecule has 1 saturated heterocycles. The average Bonchev–Trinajstić information content (AvgIpc) is 2.60. The van der Waals surface area contributed by atoms with Gasteiger partial charge in [0.15, 0.2) is 6.10 Å². The van der Waals surface area contributed by atoms with Crippen LogP contribution in [0.1, 0.15) is 30.3 Å². The Morgan fingerprint density at radius 3 is 2.28 bits per heavy atom. The van der Waals surface area contributed by atoms with E-state index >= 15 is 0 Å². The largest absolute Gasteiger partial charge is 0.385 e. The first-order valence-electron chi connectivity index (χ1n) is 8.01. The number of nitrogens with zero attached hydrogens (tertiary/aromatic N) is 1. The fourth-order valence-corrected chi connectivity index (χ4v) is 3.71. The second-order valence-electron chi connectivity index (χ2n) is 6.16. The van der Waals surface area contributed by atoms with Gasteiger partial charge in [-0.1, -0.05) is 59.6 Å². The van der Waals surface area contributed by atoms with Gasteiger partial charge in [0.25, 0.3) is 5.91 Å². The number of ether oxygens (including phenoxy) is 1. The molecule has 4 atom stereocenters. The van der Waals surface area contributed by atoms with Gasteiger partial charge < -0.3 is 14.7 Å². The molecule has 0 radical (unpaired) electrons. The summed E-state index contributed by atoms with van der Waals surface area (Å²) >= 11 is 12.4. The zero-order chi connectivity index (χ0) is 18.1. The van der Waals surface area contributed by atoms with Gasteiger partial charge in [-0.25, -0.2) is 0 Å². The van der Waals surface area contributed by atoms with Gasteiger partial charge in [0.1, 0.15) is 12.2 Å². The number of hydrogen-bond donors (Lipinski definition) is 1. The van der Waals surface area contributed by atoms with Gasteiger partial charge in [0.2, 0.25) is 0 Å². The molecule has 2 aromatic rings. The highest BCUT2D eigenvalue weighted by Crippen LogP contribution is 2.39. The summed E-state index contributed by atoms with van der Waals surface area (Å²) in [5.41, 5.74) is 1.25. The molecule has 0 bridgehead atoms. The van der Waals surface area contributed by atoms with Crippen molar-refractivity contribution in [2.75, 3.05) is 7.05 Å². The van der Waals surface area contributed by atoms with E-state index in [1.807, 2.05) is 37.3 Å². The smallest absolute Gasteiger partial charge is 0.254 e. The van der Waals surface area contributed by atoms with Crippen LogP contribution in [0.5, 0.6) is 0 Å². The number of aliphatic hydroxyl groups excluding tert-OH is 1. The van der Waals surface area contributed by atoms with Gasteiger partial charge in [-0.3, -0.25) is 4.79 Å². The molecule has 132 valence electrons. The maximum absolute atomic E-state index is 12.7. The molecule has 1 amide bonds. The Hall–Kier alpha value is -1.59. The Balaban J connectivity index is 1.96. The molecule has 0 saturated carbocycles. The lowest BCUT2D eigenvalue weighted by Crippen LogP contribution is -2.53. The standard InChI is InChI=1S/C19H19Cl2NO3/c1-11-17(12-7-4-3-5-8-12)25-18(19(24)22(11)2)16(23)15-13(20)9-6-10-14(15)21/h3-11,16-18,23H,1-2H3/t11-,16-,17+,18+/m0/s1. The highest BCUT2D eigenvalue weighted by Gasteiger charge is 2.43. The highest BCUT2D eigenvalue weighted by molar-refractivity contribution is 6.36. The molecule has 25 heavy (non-hydrogen) atoms. The van der Waals surface area contributed by atoms with E-state index in [-0.39, 0.29) is 18.1 Å². The van der Waals surface area contributed by atoms with Crippen LogP contribution in [0.3, 0.4) is 0 Å². The lowest BCUT2D eigenvalue weighted by atomic mass is 9.95. The minimum absolute atomic E-state index is 0.167. The second kappa shape index (κ2) is 7.34. The average molecular weight is 380 g/mol. The van der Waals surface area contributed by atoms with Crippen LogP contribution in [0, 0.1) is 0 Å². The fourth-order valence-electron chi connectivity index (χ4n) is 3.09. The number of halogens is 2. The predicted molar refractivity (Wildman–Crippen MR) is 97.7 cm³/mol. The van der Waals surface area contributed by atoms with Crippen molar-refractivity contribution in [1.82, 2.24) is 4.90 Å². The molecular weight excluding hydrogens is 361 g/mol. The monoisotopic (exact) mass is 379 g/mol. The van der Waals surface area contributed by atoms with Gasteiger partial charge in [-0.05, 0) is 24.6 Å². The quantitative estimate of drug-likeness (QED) is 0.875. The van der Waals surface area contributed by atoms with E-state index in [1.54, 1.807) is 30.1 Å². The summed E-state index contributed by atoms with van der Waals surface area (Å²) in [5, 5.41) is 11.4. The van der Waals surface area contributed by atoms with Crippen LogP contribution >= 0.6 is 23.2 Å². The summed E-state index contributed by atoms with van der Waals surface area (Å²) in [5.74, 6) is -0.303. The number of hydrogen-bond acceptors (Lipinski definition) is 3. The fraction of sp³-hybridized carbons (Fsp3) is 0.316. The minimum atomic E-state index is -1.25. The van der Waals surface area contributed by atoms with E-state index < -0.39 is 12.2 Å². The normalized spacial score (nSPS) is 25.1. The molecule has 4 nitrogen and oxygen atoms in total. The Kier molecular flexibility index (Phi) is 5.35. The van der Waals surface area contributed by atoms with Crippen molar-refractivity contribution in [2.45, 2.75) is 31.3 Å². The first kappa shape index (κ1) is 18.2. The van der Waals surface area contributed by atoms with Crippen molar-refractivity contribution in [1.29, 1.82) is 0 Å². The van der Waals surface area contributed by atoms with Crippen LogP contribution in [0.15, 0.2) is 48.5 Å². The summed E-state index contributed by atoms with van der Waals surface area (Å²) in [6.45, 7) is 1.92. The number of likely N-dealkylation sites (N-methyl/N-ethyl adjacent to an activating group) is 1. The third-order valence-electron chi connectivity index (χ3n) is 4.64. The summed E-state index contributed by atoms with van der Waals surface area (Å²) in [6, 6.07) is 14.4. The third-order valence-corrected chi connectivity index (χ3v) is 5.30. The number of morpholine rings is 1. The zero-order valence-electron chi connectivity index (χ0n) is 13.9. The molecule has 1 heterocycles. The SMILES string of the molecule is C[C@H]1[C@H](c2ccccc2)O[C@H]([C@@H](O)c2c(Cl)cccc2Cl)C(=O)N1C. The van der Waals surface area contributed by atoms with Crippen LogP contribution in [0.25, 0.3) is 0 Å². The van der Waals surface area contributed by atoms with E-state index in [4.69, 9.17) is 27.9 Å². The molecule has 1 fully saturated rings. The first-order chi connectivity index (χ1) is 11.9. The van der Waals surface area contributed by atoms with Crippen LogP contribution in [0.2, 0.25) is 10.0 Å². The first-order valence-corrected chi connectivity index (χ1v) is 8.76. The van der Waals surface area contributed by atoms with Gasteiger partial charge in [0.05, 0.1) is 6.04 Å². The van der Waals surface area contributed by atoms with Crippen molar-refractivity contribution < 1.29 is 14.6 Å². The molecule has 1 N–H and O–H groups in total. The van der Waals surface area contributed by atoms with E-state index in [2.05, 4.69) is 0 Å². The Labute approximate surface area is 156 Å². The molecule has 3 rings (SSSR count). The lowest BCUT2D eigenvalue weighted by molar-refractivity contribution is -0.183. The lowest BCUT2D eigenvalue weighted by Gasteiger charge is -2.42. The van der Waals surface area contributed by atoms with Gasteiger partial charge in [-0.15, -0.1) is 0 Å². The molecule has 1 aliphatic rings. The number of rotatable bonds is 3. The molecule has 1 aliphatic heterocycles. The van der Waals surface area contributed by atoms with Crippen LogP contribution < -0.4 is 0 Å².